The molecule has 0 aromatic heterocycles. The van der Waals surface area contributed by atoms with Gasteiger partial charge in [-0.3, -0.25) is 4.79 Å². The molecule has 0 radical (unpaired) electrons. The number of allylic oxidation sites excluding steroid dienone is 1. The van der Waals surface area contributed by atoms with E-state index in [1.807, 2.05) is 13.8 Å². The highest BCUT2D eigenvalue weighted by Crippen LogP contribution is 2.28. The summed E-state index contributed by atoms with van der Waals surface area (Å²) in [5.74, 6) is 0. The Kier molecular flexibility index (Phi) is 5.22. The Morgan fingerprint density at radius 1 is 1.33 bits per heavy atom. The maximum atomic E-state index is 10.6. The first-order chi connectivity index (χ1) is 5.33. The number of hydrogen-bond acceptors (Lipinski definition) is 1. The molecule has 0 aliphatic rings. The van der Waals surface area contributed by atoms with Crippen LogP contribution in [0.4, 0.5) is 0 Å². The molecular weight excluding hydrogens is 218 g/mol. The van der Waals surface area contributed by atoms with Gasteiger partial charge < -0.3 is 0 Å². The summed E-state index contributed by atoms with van der Waals surface area (Å²) in [5.41, 5.74) is -0.173. The van der Waals surface area contributed by atoms with Crippen LogP contribution in [0.5, 0.6) is 0 Å². The Labute approximate surface area is 87.7 Å². The number of rotatable bonds is 4. The summed E-state index contributed by atoms with van der Waals surface area (Å²) in [4.78, 5) is 10.6. The van der Waals surface area contributed by atoms with Crippen molar-refractivity contribution in [3.8, 4) is 0 Å². The molecule has 0 saturated carbocycles. The van der Waals surface area contributed by atoms with Gasteiger partial charge >= 0.3 is 0 Å². The van der Waals surface area contributed by atoms with Gasteiger partial charge in [-0.25, -0.2) is 0 Å². The van der Waals surface area contributed by atoms with Crippen LogP contribution in [0.3, 0.4) is 0 Å². The molecule has 4 heteroatoms. The van der Waals surface area contributed by atoms with Gasteiger partial charge in [0.15, 0.2) is 0 Å². The van der Waals surface area contributed by atoms with Crippen molar-refractivity contribution in [3.63, 3.8) is 0 Å². The summed E-state index contributed by atoms with van der Waals surface area (Å²) >= 11 is 16.1. The van der Waals surface area contributed by atoms with Crippen LogP contribution in [0.15, 0.2) is 10.6 Å². The van der Waals surface area contributed by atoms with E-state index in [9.17, 15) is 4.79 Å². The van der Waals surface area contributed by atoms with E-state index in [1.54, 1.807) is 6.08 Å². The van der Waals surface area contributed by atoms with Crippen molar-refractivity contribution in [2.75, 3.05) is 0 Å². The smallest absolute Gasteiger partial charge is 0.222 e. The first kappa shape index (κ1) is 12.3. The average Bonchev–Trinajstić information content (AvgIpc) is 1.81. The van der Waals surface area contributed by atoms with E-state index in [4.69, 9.17) is 34.8 Å². The Morgan fingerprint density at radius 3 is 2.17 bits per heavy atom. The lowest BCUT2D eigenvalue weighted by Gasteiger charge is -2.19. The van der Waals surface area contributed by atoms with Gasteiger partial charge in [0.25, 0.3) is 0 Å². The van der Waals surface area contributed by atoms with Crippen molar-refractivity contribution in [2.24, 2.45) is 5.41 Å². The highest BCUT2D eigenvalue weighted by Gasteiger charge is 2.19. The molecule has 0 spiro atoms. The topological polar surface area (TPSA) is 17.1 Å². The quantitative estimate of drug-likeness (QED) is 0.669. The van der Waals surface area contributed by atoms with Crippen LogP contribution in [0.2, 0.25) is 0 Å². The van der Waals surface area contributed by atoms with Crippen molar-refractivity contribution >= 4 is 40.0 Å². The molecule has 0 amide bonds. The van der Waals surface area contributed by atoms with E-state index >= 15 is 0 Å². The Bertz CT molecular complexity index is 192. The Hall–Kier alpha value is 0.280. The van der Waals surface area contributed by atoms with Gasteiger partial charge in [-0.2, -0.15) is 0 Å². The zero-order valence-electron chi connectivity index (χ0n) is 7.03. The van der Waals surface area contributed by atoms with E-state index in [1.165, 1.54) is 0 Å². The maximum absolute atomic E-state index is 10.6. The first-order valence-electron chi connectivity index (χ1n) is 3.53. The number of carbonyl (C=O) groups excluding carboxylic acids is 1. The molecule has 0 fully saturated rings. The van der Waals surface area contributed by atoms with Crippen LogP contribution >= 0.6 is 34.8 Å². The molecule has 70 valence electrons. The zero-order chi connectivity index (χ0) is 9.78. The minimum absolute atomic E-state index is 0.173. The molecule has 0 N–H and O–H groups in total. The van der Waals surface area contributed by atoms with Gasteiger partial charge in [-0.15, -0.1) is 0 Å². The van der Waals surface area contributed by atoms with E-state index in [-0.39, 0.29) is 15.1 Å². The van der Waals surface area contributed by atoms with Crippen molar-refractivity contribution in [2.45, 2.75) is 26.7 Å². The standard InChI is InChI=1S/C8H11Cl3O/c1-8(2,5-7(11)12)4-3-6(9)10/h3H,4-5H2,1-2H3. The predicted molar refractivity (Wildman–Crippen MR) is 53.7 cm³/mol. The zero-order valence-corrected chi connectivity index (χ0v) is 9.30. The molecule has 0 aliphatic heterocycles. The molecule has 0 saturated heterocycles. The van der Waals surface area contributed by atoms with E-state index < -0.39 is 0 Å². The highest BCUT2D eigenvalue weighted by atomic mass is 35.5. The average molecular weight is 230 g/mol. The largest absolute Gasteiger partial charge is 0.281 e. The molecule has 0 heterocycles. The van der Waals surface area contributed by atoms with Crippen molar-refractivity contribution in [1.82, 2.24) is 0 Å². The molecule has 0 rings (SSSR count). The third-order valence-corrected chi connectivity index (χ3v) is 1.87. The van der Waals surface area contributed by atoms with E-state index in [0.29, 0.717) is 12.8 Å². The Morgan fingerprint density at radius 2 is 1.83 bits per heavy atom. The van der Waals surface area contributed by atoms with E-state index in [0.717, 1.165) is 0 Å². The fourth-order valence-corrected chi connectivity index (χ4v) is 1.32. The molecular formula is C8H11Cl3O. The number of carbonyl (C=O) groups is 1. The highest BCUT2D eigenvalue weighted by molar-refractivity contribution is 6.63. The SMILES string of the molecule is CC(C)(CC=C(Cl)Cl)CC(=O)Cl. The summed E-state index contributed by atoms with van der Waals surface area (Å²) in [7, 11) is 0. The lowest BCUT2D eigenvalue weighted by Crippen LogP contribution is -2.13. The Balaban J connectivity index is 4.04. The normalized spacial score (nSPS) is 11.1. The minimum Gasteiger partial charge on any atom is -0.281 e. The molecule has 0 aromatic carbocycles. The third kappa shape index (κ3) is 6.96. The minimum atomic E-state index is -0.334. The van der Waals surface area contributed by atoms with Gasteiger partial charge in [0, 0.05) is 6.42 Å². The predicted octanol–water partition coefficient (Wildman–Crippen LogP) is 3.88. The van der Waals surface area contributed by atoms with Gasteiger partial charge in [-0.05, 0) is 23.4 Å². The van der Waals surface area contributed by atoms with Gasteiger partial charge in [0.05, 0.1) is 0 Å². The van der Waals surface area contributed by atoms with Crippen molar-refractivity contribution in [3.05, 3.63) is 10.6 Å². The van der Waals surface area contributed by atoms with Crippen molar-refractivity contribution in [1.29, 1.82) is 0 Å². The number of hydrogen-bond donors (Lipinski definition) is 0. The molecule has 0 unspecified atom stereocenters. The molecule has 0 aromatic rings. The molecule has 12 heavy (non-hydrogen) atoms. The monoisotopic (exact) mass is 228 g/mol. The summed E-state index contributed by atoms with van der Waals surface area (Å²) in [6, 6.07) is 0. The van der Waals surface area contributed by atoms with Crippen LogP contribution in [0.1, 0.15) is 26.7 Å². The van der Waals surface area contributed by atoms with Gasteiger partial charge in [-0.1, -0.05) is 43.1 Å². The van der Waals surface area contributed by atoms with Crippen LogP contribution in [-0.2, 0) is 4.79 Å². The van der Waals surface area contributed by atoms with Crippen molar-refractivity contribution < 1.29 is 4.79 Å². The summed E-state index contributed by atoms with van der Waals surface area (Å²) < 4.78 is 0.227. The molecule has 1 nitrogen and oxygen atoms in total. The summed E-state index contributed by atoms with van der Waals surface area (Å²) in [6.45, 7) is 3.86. The van der Waals surface area contributed by atoms with Gasteiger partial charge in [0.2, 0.25) is 5.24 Å². The molecule has 0 bridgehead atoms. The maximum Gasteiger partial charge on any atom is 0.222 e. The first-order valence-corrected chi connectivity index (χ1v) is 4.66. The van der Waals surface area contributed by atoms with Crippen LogP contribution in [-0.4, -0.2) is 5.24 Å². The second-order valence-corrected chi connectivity index (χ2v) is 4.82. The summed E-state index contributed by atoms with van der Waals surface area (Å²) in [5, 5.41) is -0.334. The second-order valence-electron chi connectivity index (χ2n) is 3.39. The fourth-order valence-electron chi connectivity index (χ4n) is 0.802. The lowest BCUT2D eigenvalue weighted by atomic mass is 9.86. The fraction of sp³-hybridized carbons (Fsp3) is 0.625. The van der Waals surface area contributed by atoms with Crippen LogP contribution in [0.25, 0.3) is 0 Å². The van der Waals surface area contributed by atoms with E-state index in [2.05, 4.69) is 0 Å². The van der Waals surface area contributed by atoms with Crippen LogP contribution in [0, 0.1) is 5.41 Å². The van der Waals surface area contributed by atoms with Gasteiger partial charge in [0.1, 0.15) is 4.49 Å². The third-order valence-electron chi connectivity index (χ3n) is 1.43. The summed E-state index contributed by atoms with van der Waals surface area (Å²) in [6.07, 6.45) is 2.64. The number of halogens is 3. The molecule has 0 atom stereocenters. The molecule has 0 aliphatic carbocycles. The second kappa shape index (κ2) is 5.11. The lowest BCUT2D eigenvalue weighted by molar-refractivity contribution is -0.113. The van der Waals surface area contributed by atoms with Crippen LogP contribution < -0.4 is 0 Å².